The van der Waals surface area contributed by atoms with Crippen molar-refractivity contribution in [3.63, 3.8) is 0 Å². The Kier molecular flexibility index (Phi) is 15.3. The minimum absolute atomic E-state index is 0.0356. The quantitative estimate of drug-likeness (QED) is 0.142. The van der Waals surface area contributed by atoms with Gasteiger partial charge in [0.05, 0.1) is 24.9 Å². The highest BCUT2D eigenvalue weighted by Gasteiger charge is 2.44. The minimum Gasteiger partial charge on any atom is -0.372 e. The lowest BCUT2D eigenvalue weighted by atomic mass is 9.98. The second-order valence-electron chi connectivity index (χ2n) is 14.0. The molecule has 1 aromatic heterocycles. The average molecular weight is 742 g/mol. The van der Waals surface area contributed by atoms with Gasteiger partial charge in [0.1, 0.15) is 23.8 Å². The number of benzene rings is 2. The van der Waals surface area contributed by atoms with E-state index in [1.54, 1.807) is 34.6 Å². The Morgan fingerprint density at radius 2 is 1.48 bits per heavy atom. The van der Waals surface area contributed by atoms with Crippen molar-refractivity contribution in [1.29, 1.82) is 0 Å². The molecule has 5 amide bonds. The molecule has 2 aromatic carbocycles. The number of carbonyl (C=O) groups excluding carboxylic acids is 6. The van der Waals surface area contributed by atoms with E-state index < -0.39 is 71.5 Å². The van der Waals surface area contributed by atoms with Crippen LogP contribution in [-0.4, -0.2) is 93.5 Å². The zero-order valence-electron chi connectivity index (χ0n) is 31.5. The molecule has 1 aliphatic heterocycles. The maximum atomic E-state index is 14.4. The SMILES string of the molecule is CC[C@H](NC(=O)[C@@H]1C[C@@H](OCc2ccccc2)CN1C(=O)[C@@H](NC(=O)[C@@H](NC(=O)c1cnccn1)C(C)C)C(C)C)C(=O)C(=O)NCCc1ccccc1. The molecule has 14 nitrogen and oxygen atoms in total. The number of ketones is 1. The van der Waals surface area contributed by atoms with Crippen LogP contribution in [0.5, 0.6) is 0 Å². The first-order valence-electron chi connectivity index (χ1n) is 18.4. The highest BCUT2D eigenvalue weighted by Crippen LogP contribution is 2.25. The van der Waals surface area contributed by atoms with Gasteiger partial charge in [-0.2, -0.15) is 0 Å². The largest absolute Gasteiger partial charge is 0.372 e. The summed E-state index contributed by atoms with van der Waals surface area (Å²) in [5.41, 5.74) is 1.95. The van der Waals surface area contributed by atoms with Crippen molar-refractivity contribution in [2.75, 3.05) is 13.1 Å². The van der Waals surface area contributed by atoms with Crippen molar-refractivity contribution in [3.05, 3.63) is 96.1 Å². The van der Waals surface area contributed by atoms with Crippen molar-refractivity contribution < 1.29 is 33.5 Å². The van der Waals surface area contributed by atoms with Gasteiger partial charge in [-0.15, -0.1) is 0 Å². The zero-order valence-corrected chi connectivity index (χ0v) is 31.5. The Hall–Kier alpha value is -5.50. The summed E-state index contributed by atoms with van der Waals surface area (Å²) >= 11 is 0. The topological polar surface area (TPSA) is 189 Å². The molecule has 0 radical (unpaired) electrons. The van der Waals surface area contributed by atoms with Crippen LogP contribution in [0.25, 0.3) is 0 Å². The molecule has 1 aliphatic rings. The molecular weight excluding hydrogens is 690 g/mol. The van der Waals surface area contributed by atoms with Crippen molar-refractivity contribution in [3.8, 4) is 0 Å². The van der Waals surface area contributed by atoms with Gasteiger partial charge in [-0.1, -0.05) is 95.3 Å². The predicted octanol–water partition coefficient (Wildman–Crippen LogP) is 2.38. The van der Waals surface area contributed by atoms with Crippen LogP contribution in [0, 0.1) is 11.8 Å². The number of nitrogens with one attached hydrogen (secondary N) is 4. The highest BCUT2D eigenvalue weighted by atomic mass is 16.5. The number of Topliss-reactive ketones (excluding diaryl/α,β-unsaturated/α-hetero) is 1. The van der Waals surface area contributed by atoms with Crippen molar-refractivity contribution in [2.45, 2.75) is 90.8 Å². The van der Waals surface area contributed by atoms with E-state index in [1.165, 1.54) is 23.5 Å². The van der Waals surface area contributed by atoms with Crippen molar-refractivity contribution in [1.82, 2.24) is 36.1 Å². The van der Waals surface area contributed by atoms with Gasteiger partial charge in [-0.3, -0.25) is 33.8 Å². The molecule has 0 aliphatic carbocycles. The maximum Gasteiger partial charge on any atom is 0.289 e. The molecule has 0 spiro atoms. The van der Waals surface area contributed by atoms with E-state index in [2.05, 4.69) is 31.2 Å². The molecule has 4 N–H and O–H groups in total. The summed E-state index contributed by atoms with van der Waals surface area (Å²) in [6, 6.07) is 14.7. The number of hydrogen-bond donors (Lipinski definition) is 4. The van der Waals surface area contributed by atoms with Gasteiger partial charge in [-0.25, -0.2) is 4.98 Å². The molecule has 5 atom stereocenters. The monoisotopic (exact) mass is 741 g/mol. The van der Waals surface area contributed by atoms with Gasteiger partial charge >= 0.3 is 0 Å². The van der Waals surface area contributed by atoms with E-state index in [0.29, 0.717) is 6.42 Å². The third kappa shape index (κ3) is 11.5. The first-order chi connectivity index (χ1) is 25.9. The van der Waals surface area contributed by atoms with Gasteiger partial charge in [0.25, 0.3) is 11.8 Å². The van der Waals surface area contributed by atoms with Gasteiger partial charge in [0.2, 0.25) is 23.5 Å². The van der Waals surface area contributed by atoms with Crippen LogP contribution in [0.1, 0.15) is 69.1 Å². The summed E-state index contributed by atoms with van der Waals surface area (Å²) in [5, 5.41) is 10.9. The smallest absolute Gasteiger partial charge is 0.289 e. The molecule has 54 heavy (non-hydrogen) atoms. The number of likely N-dealkylation sites (tertiary alicyclic amines) is 1. The van der Waals surface area contributed by atoms with E-state index >= 15 is 0 Å². The Labute approximate surface area is 316 Å². The molecule has 3 aromatic rings. The second kappa shape index (κ2) is 20.1. The van der Waals surface area contributed by atoms with Crippen LogP contribution >= 0.6 is 0 Å². The Bertz CT molecular complexity index is 1720. The van der Waals surface area contributed by atoms with Gasteiger partial charge in [0, 0.05) is 31.9 Å². The lowest BCUT2D eigenvalue weighted by molar-refractivity contribution is -0.144. The van der Waals surface area contributed by atoms with Gasteiger partial charge < -0.3 is 30.9 Å². The Morgan fingerprint density at radius 1 is 0.833 bits per heavy atom. The maximum absolute atomic E-state index is 14.4. The third-order valence-electron chi connectivity index (χ3n) is 9.25. The standard InChI is InChI=1S/C40H51N7O7/c1-6-30(35(48)39(52)43-18-17-27-13-9-7-10-14-27)44-37(50)32-21-29(54-24-28-15-11-8-12-16-28)23-47(32)40(53)34(26(4)5)46-38(51)33(25(2)3)45-36(49)31-22-41-19-20-42-31/h7-16,19-20,22,25-26,29-30,32-34H,6,17-18,21,23-24H2,1-5H3,(H,43,52)(H,44,50)(H,45,49)(H,46,51)/t29-,30+,32+,33+,34+/m1/s1. The van der Waals surface area contributed by atoms with Crippen LogP contribution in [0.4, 0.5) is 0 Å². The minimum atomic E-state index is -1.12. The fraction of sp³-hybridized carbons (Fsp3) is 0.450. The Morgan fingerprint density at radius 3 is 2.07 bits per heavy atom. The molecule has 1 fully saturated rings. The molecule has 2 heterocycles. The molecule has 4 rings (SSSR count). The molecule has 0 bridgehead atoms. The first kappa shape index (κ1) is 41.3. The summed E-state index contributed by atoms with van der Waals surface area (Å²) in [4.78, 5) is 90.2. The highest BCUT2D eigenvalue weighted by molar-refractivity contribution is 6.38. The summed E-state index contributed by atoms with van der Waals surface area (Å²) in [6.45, 7) is 9.27. The normalized spacial score (nSPS) is 17.0. The average Bonchev–Trinajstić information content (AvgIpc) is 3.62. The van der Waals surface area contributed by atoms with Crippen LogP contribution in [0.15, 0.2) is 79.3 Å². The number of nitrogens with zero attached hydrogens (tertiary/aromatic N) is 3. The number of aromatic nitrogens is 2. The van der Waals surface area contributed by atoms with Gasteiger partial charge in [-0.05, 0) is 35.8 Å². The van der Waals surface area contributed by atoms with Crippen molar-refractivity contribution >= 4 is 35.3 Å². The Balaban J connectivity index is 1.49. The van der Waals surface area contributed by atoms with E-state index in [-0.39, 0.29) is 44.1 Å². The first-order valence-corrected chi connectivity index (χ1v) is 18.4. The van der Waals surface area contributed by atoms with Crippen molar-refractivity contribution in [2.24, 2.45) is 11.8 Å². The summed E-state index contributed by atoms with van der Waals surface area (Å²) in [6.07, 6.45) is 4.34. The molecular formula is C40H51N7O7. The fourth-order valence-corrected chi connectivity index (χ4v) is 6.13. The van der Waals surface area contributed by atoms with Gasteiger partial charge in [0.15, 0.2) is 0 Å². The number of rotatable bonds is 18. The third-order valence-corrected chi connectivity index (χ3v) is 9.25. The number of hydrogen-bond acceptors (Lipinski definition) is 9. The number of ether oxygens (including phenoxy) is 1. The van der Waals surface area contributed by atoms with E-state index in [0.717, 1.165) is 11.1 Å². The second-order valence-corrected chi connectivity index (χ2v) is 14.0. The number of amides is 5. The molecule has 288 valence electrons. The lowest BCUT2D eigenvalue weighted by Crippen LogP contribution is -2.59. The van der Waals surface area contributed by atoms with E-state index in [9.17, 15) is 28.8 Å². The van der Waals surface area contributed by atoms with E-state index in [1.807, 2.05) is 60.7 Å². The zero-order chi connectivity index (χ0) is 39.2. The summed E-state index contributed by atoms with van der Waals surface area (Å²) in [5.74, 6) is -4.68. The van der Waals surface area contributed by atoms with Crippen LogP contribution in [0.3, 0.4) is 0 Å². The fourth-order valence-electron chi connectivity index (χ4n) is 6.13. The summed E-state index contributed by atoms with van der Waals surface area (Å²) < 4.78 is 6.17. The van der Waals surface area contributed by atoms with Crippen LogP contribution < -0.4 is 21.3 Å². The molecule has 1 saturated heterocycles. The van der Waals surface area contributed by atoms with Crippen LogP contribution in [-0.2, 0) is 41.7 Å². The van der Waals surface area contributed by atoms with Crippen LogP contribution in [0.2, 0.25) is 0 Å². The lowest BCUT2D eigenvalue weighted by Gasteiger charge is -2.32. The number of carbonyl (C=O) groups is 6. The predicted molar refractivity (Wildman–Crippen MR) is 200 cm³/mol. The molecule has 14 heteroatoms. The van der Waals surface area contributed by atoms with E-state index in [4.69, 9.17) is 4.74 Å². The molecule has 0 saturated carbocycles. The summed E-state index contributed by atoms with van der Waals surface area (Å²) in [7, 11) is 0. The molecule has 0 unspecified atom stereocenters.